The Labute approximate surface area is 128 Å². The van der Waals surface area contributed by atoms with Crippen LogP contribution in [0.5, 0.6) is 0 Å². The first-order chi connectivity index (χ1) is 10.6. The smallest absolute Gasteiger partial charge is 0.254 e. The van der Waals surface area contributed by atoms with Gasteiger partial charge in [-0.05, 0) is 49.2 Å². The van der Waals surface area contributed by atoms with Crippen LogP contribution in [0.15, 0.2) is 41.0 Å². The maximum absolute atomic E-state index is 12.6. The van der Waals surface area contributed by atoms with E-state index in [2.05, 4.69) is 5.32 Å². The molecule has 1 unspecified atom stereocenters. The average Bonchev–Trinajstić information content (AvgIpc) is 3.06. The lowest BCUT2D eigenvalue weighted by molar-refractivity contribution is -0.116. The topological polar surface area (TPSA) is 62.6 Å². The van der Waals surface area contributed by atoms with Crippen molar-refractivity contribution in [1.29, 1.82) is 0 Å². The van der Waals surface area contributed by atoms with E-state index in [-0.39, 0.29) is 17.9 Å². The third-order valence-electron chi connectivity index (χ3n) is 4.10. The lowest BCUT2D eigenvalue weighted by Gasteiger charge is -2.24. The van der Waals surface area contributed by atoms with Crippen LogP contribution < -0.4 is 5.32 Å². The highest BCUT2D eigenvalue weighted by Gasteiger charge is 2.22. The number of anilines is 1. The molecule has 1 N–H and O–H groups in total. The molecule has 3 rings (SSSR count). The van der Waals surface area contributed by atoms with E-state index in [1.165, 1.54) is 0 Å². The third kappa shape index (κ3) is 2.62. The van der Waals surface area contributed by atoms with Gasteiger partial charge in [-0.15, -0.1) is 0 Å². The molecule has 1 aromatic carbocycles. The molecular weight excluding hydrogens is 280 g/mol. The first-order valence-electron chi connectivity index (χ1n) is 7.29. The number of hydrogen-bond acceptors (Lipinski definition) is 3. The van der Waals surface area contributed by atoms with E-state index in [1.807, 2.05) is 25.1 Å². The van der Waals surface area contributed by atoms with Crippen LogP contribution in [0.1, 0.15) is 41.1 Å². The van der Waals surface area contributed by atoms with E-state index in [0.29, 0.717) is 18.4 Å². The number of nitrogens with zero attached hydrogens (tertiary/aromatic N) is 1. The fourth-order valence-corrected chi connectivity index (χ4v) is 2.62. The summed E-state index contributed by atoms with van der Waals surface area (Å²) in [4.78, 5) is 25.7. The zero-order valence-corrected chi connectivity index (χ0v) is 12.6. The highest BCUT2D eigenvalue weighted by atomic mass is 16.3. The molecule has 1 aromatic heterocycles. The van der Waals surface area contributed by atoms with E-state index in [4.69, 9.17) is 4.42 Å². The first-order valence-corrected chi connectivity index (χ1v) is 7.29. The van der Waals surface area contributed by atoms with Crippen LogP contribution in [0.3, 0.4) is 0 Å². The van der Waals surface area contributed by atoms with Crippen molar-refractivity contribution in [1.82, 2.24) is 4.90 Å². The van der Waals surface area contributed by atoms with E-state index < -0.39 is 0 Å². The quantitative estimate of drug-likeness (QED) is 0.947. The molecule has 0 fully saturated rings. The highest BCUT2D eigenvalue weighted by molar-refractivity contribution is 5.98. The zero-order chi connectivity index (χ0) is 15.7. The number of hydrogen-bond donors (Lipinski definition) is 1. The molecule has 1 atom stereocenters. The Kier molecular flexibility index (Phi) is 3.71. The second kappa shape index (κ2) is 5.67. The molecule has 0 bridgehead atoms. The van der Waals surface area contributed by atoms with Gasteiger partial charge in [0.05, 0.1) is 12.3 Å². The predicted molar refractivity (Wildman–Crippen MR) is 82.6 cm³/mol. The molecule has 0 spiro atoms. The lowest BCUT2D eigenvalue weighted by Crippen LogP contribution is -2.29. The number of rotatable bonds is 3. The fourth-order valence-electron chi connectivity index (χ4n) is 2.62. The minimum absolute atomic E-state index is 0.0233. The molecule has 1 aliphatic heterocycles. The van der Waals surface area contributed by atoms with Crippen molar-refractivity contribution in [2.45, 2.75) is 25.8 Å². The second-order valence-electron chi connectivity index (χ2n) is 5.53. The number of fused-ring (bicyclic) bond motifs is 1. The van der Waals surface area contributed by atoms with Crippen molar-refractivity contribution in [3.8, 4) is 0 Å². The molecule has 22 heavy (non-hydrogen) atoms. The summed E-state index contributed by atoms with van der Waals surface area (Å²) in [6.07, 6.45) is 2.73. The molecule has 1 aliphatic rings. The third-order valence-corrected chi connectivity index (χ3v) is 4.10. The number of benzene rings is 1. The van der Waals surface area contributed by atoms with Gasteiger partial charge in [0.1, 0.15) is 5.76 Å². The Morgan fingerprint density at radius 1 is 1.32 bits per heavy atom. The van der Waals surface area contributed by atoms with Crippen LogP contribution in [0, 0.1) is 0 Å². The van der Waals surface area contributed by atoms with Crippen LogP contribution >= 0.6 is 0 Å². The van der Waals surface area contributed by atoms with Crippen LogP contribution in [-0.2, 0) is 11.2 Å². The van der Waals surface area contributed by atoms with Gasteiger partial charge in [0.25, 0.3) is 5.91 Å². The summed E-state index contributed by atoms with van der Waals surface area (Å²) in [5.41, 5.74) is 2.43. The summed E-state index contributed by atoms with van der Waals surface area (Å²) in [5, 5.41) is 2.82. The van der Waals surface area contributed by atoms with Crippen molar-refractivity contribution >= 4 is 17.5 Å². The Balaban J connectivity index is 1.81. The normalized spacial score (nSPS) is 14.9. The molecule has 0 saturated carbocycles. The van der Waals surface area contributed by atoms with Crippen molar-refractivity contribution < 1.29 is 14.0 Å². The number of aryl methyl sites for hydroxylation is 1. The predicted octanol–water partition coefficient (Wildman–Crippen LogP) is 3.00. The molecule has 2 aromatic rings. The average molecular weight is 298 g/mol. The van der Waals surface area contributed by atoms with Gasteiger partial charge in [-0.2, -0.15) is 0 Å². The monoisotopic (exact) mass is 298 g/mol. The van der Waals surface area contributed by atoms with Crippen molar-refractivity contribution in [2.75, 3.05) is 12.4 Å². The summed E-state index contributed by atoms with van der Waals surface area (Å²) in [6.45, 7) is 1.93. The molecule has 2 amide bonds. The summed E-state index contributed by atoms with van der Waals surface area (Å²) in [7, 11) is 1.76. The summed E-state index contributed by atoms with van der Waals surface area (Å²) < 4.78 is 5.36. The number of nitrogens with one attached hydrogen (secondary N) is 1. The Morgan fingerprint density at radius 2 is 2.14 bits per heavy atom. The molecule has 0 radical (unpaired) electrons. The molecule has 0 saturated heterocycles. The van der Waals surface area contributed by atoms with Gasteiger partial charge >= 0.3 is 0 Å². The fraction of sp³-hybridized carbons (Fsp3) is 0.294. The maximum Gasteiger partial charge on any atom is 0.254 e. The maximum atomic E-state index is 12.6. The van der Waals surface area contributed by atoms with Crippen molar-refractivity contribution in [3.05, 3.63) is 53.5 Å². The highest BCUT2D eigenvalue weighted by Crippen LogP contribution is 2.26. The minimum atomic E-state index is -0.141. The molecule has 114 valence electrons. The van der Waals surface area contributed by atoms with Crippen LogP contribution in [0.4, 0.5) is 5.69 Å². The number of carbonyl (C=O) groups excluding carboxylic acids is 2. The second-order valence-corrected chi connectivity index (χ2v) is 5.53. The lowest BCUT2D eigenvalue weighted by atomic mass is 9.99. The van der Waals surface area contributed by atoms with Gasteiger partial charge < -0.3 is 14.6 Å². The van der Waals surface area contributed by atoms with Crippen LogP contribution in [-0.4, -0.2) is 23.8 Å². The molecule has 5 heteroatoms. The minimum Gasteiger partial charge on any atom is -0.467 e. The summed E-state index contributed by atoms with van der Waals surface area (Å²) >= 11 is 0. The number of carbonyl (C=O) groups is 2. The van der Waals surface area contributed by atoms with E-state index in [9.17, 15) is 9.59 Å². The first kappa shape index (κ1) is 14.4. The Hall–Kier alpha value is -2.56. The number of amides is 2. The van der Waals surface area contributed by atoms with Crippen molar-refractivity contribution in [3.63, 3.8) is 0 Å². The Bertz CT molecular complexity index is 707. The largest absolute Gasteiger partial charge is 0.467 e. The van der Waals surface area contributed by atoms with Crippen LogP contribution in [0.25, 0.3) is 0 Å². The SMILES string of the molecule is CC(c1ccco1)N(C)C(=O)c1ccc2c(c1)CCC(=O)N2. The van der Waals surface area contributed by atoms with Gasteiger partial charge in [-0.3, -0.25) is 9.59 Å². The molecule has 2 heterocycles. The molecule has 0 aliphatic carbocycles. The van der Waals surface area contributed by atoms with Crippen LogP contribution in [0.2, 0.25) is 0 Å². The van der Waals surface area contributed by atoms with E-state index in [0.717, 1.165) is 17.0 Å². The van der Waals surface area contributed by atoms with Gasteiger partial charge in [-0.25, -0.2) is 0 Å². The van der Waals surface area contributed by atoms with Gasteiger partial charge in [0, 0.05) is 24.7 Å². The van der Waals surface area contributed by atoms with E-state index in [1.54, 1.807) is 30.3 Å². The van der Waals surface area contributed by atoms with Gasteiger partial charge in [0.15, 0.2) is 0 Å². The zero-order valence-electron chi connectivity index (χ0n) is 12.6. The summed E-state index contributed by atoms with van der Waals surface area (Å²) in [6, 6.07) is 8.94. The number of furan rings is 1. The van der Waals surface area contributed by atoms with E-state index >= 15 is 0 Å². The van der Waals surface area contributed by atoms with Crippen molar-refractivity contribution in [2.24, 2.45) is 0 Å². The molecule has 5 nitrogen and oxygen atoms in total. The summed E-state index contributed by atoms with van der Waals surface area (Å²) in [5.74, 6) is 0.708. The Morgan fingerprint density at radius 3 is 2.86 bits per heavy atom. The standard InChI is InChI=1S/C17H18N2O3/c1-11(15-4-3-9-22-15)19(2)17(21)13-5-7-14-12(10-13)6-8-16(20)18-14/h3-5,7,9-11H,6,8H2,1-2H3,(H,18,20). The molecular formula is C17H18N2O3. The van der Waals surface area contributed by atoms with Gasteiger partial charge in [-0.1, -0.05) is 0 Å². The van der Waals surface area contributed by atoms with Gasteiger partial charge in [0.2, 0.25) is 5.91 Å².